The lowest BCUT2D eigenvalue weighted by Crippen LogP contribution is -2.06. The van der Waals surface area contributed by atoms with Gasteiger partial charge in [-0.05, 0) is 34.9 Å². The fraction of sp³-hybridized carbons (Fsp3) is 0.188. The molecule has 0 bridgehead atoms. The van der Waals surface area contributed by atoms with E-state index >= 15 is 0 Å². The second-order valence-electron chi connectivity index (χ2n) is 4.81. The molecule has 0 fully saturated rings. The van der Waals surface area contributed by atoms with Gasteiger partial charge in [0, 0.05) is 16.5 Å². The number of hydrogen-bond acceptors (Lipinski definition) is 2. The first-order chi connectivity index (χ1) is 9.63. The first-order valence-corrected chi connectivity index (χ1v) is 7.09. The number of halogens is 2. The van der Waals surface area contributed by atoms with Crippen molar-refractivity contribution in [3.8, 4) is 0 Å². The molecule has 102 valence electrons. The first kappa shape index (κ1) is 13.5. The Kier molecular flexibility index (Phi) is 3.68. The lowest BCUT2D eigenvalue weighted by Gasteiger charge is -2.05. The zero-order chi connectivity index (χ0) is 14.1. The van der Waals surface area contributed by atoms with Crippen LogP contribution in [0.15, 0.2) is 40.9 Å². The highest BCUT2D eigenvalue weighted by atomic mass is 79.9. The van der Waals surface area contributed by atoms with E-state index in [1.54, 1.807) is 18.2 Å². The predicted octanol–water partition coefficient (Wildman–Crippen LogP) is 4.04. The molecule has 1 aliphatic heterocycles. The maximum Gasteiger partial charge on any atom is 0.167 e. The molecule has 2 nitrogen and oxygen atoms in total. The molecule has 0 aromatic heterocycles. The molecule has 0 saturated carbocycles. The Morgan fingerprint density at radius 1 is 1.15 bits per heavy atom. The van der Waals surface area contributed by atoms with Crippen LogP contribution in [0.3, 0.4) is 0 Å². The number of Topliss-reactive ketones (excluding diaryl/α,β-unsaturated/α-hetero) is 1. The molecule has 20 heavy (non-hydrogen) atoms. The monoisotopic (exact) mass is 334 g/mol. The summed E-state index contributed by atoms with van der Waals surface area (Å²) in [5.41, 5.74) is 3.19. The van der Waals surface area contributed by atoms with E-state index in [1.165, 1.54) is 6.07 Å². The Hall–Kier alpha value is -1.52. The van der Waals surface area contributed by atoms with Gasteiger partial charge in [-0.2, -0.15) is 0 Å². The van der Waals surface area contributed by atoms with Crippen molar-refractivity contribution in [2.24, 2.45) is 0 Å². The number of carbonyl (C=O) groups excluding carboxylic acids is 1. The zero-order valence-electron chi connectivity index (χ0n) is 10.7. The van der Waals surface area contributed by atoms with Crippen molar-refractivity contribution < 1.29 is 13.9 Å². The molecule has 2 aromatic rings. The van der Waals surface area contributed by atoms with Crippen LogP contribution in [0.4, 0.5) is 4.39 Å². The second kappa shape index (κ2) is 5.46. The number of ketones is 1. The smallest absolute Gasteiger partial charge is 0.167 e. The topological polar surface area (TPSA) is 26.3 Å². The van der Waals surface area contributed by atoms with Gasteiger partial charge >= 0.3 is 0 Å². The van der Waals surface area contributed by atoms with Gasteiger partial charge in [-0.25, -0.2) is 4.39 Å². The zero-order valence-corrected chi connectivity index (χ0v) is 12.2. The third-order valence-electron chi connectivity index (χ3n) is 3.41. The molecule has 4 heteroatoms. The van der Waals surface area contributed by atoms with E-state index in [2.05, 4.69) is 15.9 Å². The Labute approximate surface area is 124 Å². The van der Waals surface area contributed by atoms with Crippen LogP contribution in [0.25, 0.3) is 0 Å². The number of benzene rings is 2. The van der Waals surface area contributed by atoms with Crippen LogP contribution in [0.1, 0.15) is 27.0 Å². The Balaban J connectivity index is 1.82. The third-order valence-corrected chi connectivity index (χ3v) is 3.90. The van der Waals surface area contributed by atoms with E-state index in [0.717, 1.165) is 11.1 Å². The predicted molar refractivity (Wildman–Crippen MR) is 77.1 cm³/mol. The first-order valence-electron chi connectivity index (χ1n) is 6.30. The Morgan fingerprint density at radius 2 is 1.95 bits per heavy atom. The third kappa shape index (κ3) is 2.67. The van der Waals surface area contributed by atoms with Gasteiger partial charge in [0.15, 0.2) is 5.78 Å². The average Bonchev–Trinajstić information content (AvgIpc) is 2.89. The second-order valence-corrected chi connectivity index (χ2v) is 5.73. The minimum Gasteiger partial charge on any atom is -0.372 e. The van der Waals surface area contributed by atoms with Crippen molar-refractivity contribution in [2.45, 2.75) is 19.6 Å². The van der Waals surface area contributed by atoms with Gasteiger partial charge in [0.25, 0.3) is 0 Å². The van der Waals surface area contributed by atoms with Gasteiger partial charge in [-0.3, -0.25) is 4.79 Å². The highest BCUT2D eigenvalue weighted by molar-refractivity contribution is 9.10. The van der Waals surface area contributed by atoms with E-state index in [0.29, 0.717) is 28.8 Å². The molecule has 0 atom stereocenters. The van der Waals surface area contributed by atoms with Crippen LogP contribution in [0, 0.1) is 5.82 Å². The highest BCUT2D eigenvalue weighted by Crippen LogP contribution is 2.22. The van der Waals surface area contributed by atoms with Gasteiger partial charge < -0.3 is 4.74 Å². The number of ether oxygens (including phenoxy) is 1. The number of rotatable bonds is 3. The van der Waals surface area contributed by atoms with E-state index in [-0.39, 0.29) is 18.0 Å². The molecule has 0 amide bonds. The molecule has 0 saturated heterocycles. The van der Waals surface area contributed by atoms with Crippen molar-refractivity contribution >= 4 is 21.7 Å². The van der Waals surface area contributed by atoms with E-state index < -0.39 is 0 Å². The minimum absolute atomic E-state index is 0.0682. The highest BCUT2D eigenvalue weighted by Gasteiger charge is 2.15. The molecular formula is C16H12BrFO2. The molecule has 0 aliphatic carbocycles. The van der Waals surface area contributed by atoms with Crippen molar-refractivity contribution in [1.82, 2.24) is 0 Å². The van der Waals surface area contributed by atoms with Crippen LogP contribution in [0.2, 0.25) is 0 Å². The van der Waals surface area contributed by atoms with Crippen LogP contribution < -0.4 is 0 Å². The van der Waals surface area contributed by atoms with Crippen molar-refractivity contribution in [2.75, 3.05) is 0 Å². The SMILES string of the molecule is O=C(Cc1ccc(Br)cc1F)c1ccc2c(c1)COC2. The lowest BCUT2D eigenvalue weighted by molar-refractivity contribution is 0.0991. The maximum atomic E-state index is 13.7. The molecule has 0 spiro atoms. The summed E-state index contributed by atoms with van der Waals surface area (Å²) >= 11 is 3.20. The standard InChI is InChI=1S/C16H12BrFO2/c17-14-4-3-10(15(18)7-14)6-16(19)11-1-2-12-8-20-9-13(12)5-11/h1-5,7H,6,8-9H2. The summed E-state index contributed by atoms with van der Waals surface area (Å²) in [6, 6.07) is 10.3. The van der Waals surface area contributed by atoms with Crippen LogP contribution in [0.5, 0.6) is 0 Å². The summed E-state index contributed by atoms with van der Waals surface area (Å²) in [7, 11) is 0. The number of hydrogen-bond donors (Lipinski definition) is 0. The van der Waals surface area contributed by atoms with Crippen molar-refractivity contribution in [1.29, 1.82) is 0 Å². The fourth-order valence-electron chi connectivity index (χ4n) is 2.29. The quantitative estimate of drug-likeness (QED) is 0.791. The van der Waals surface area contributed by atoms with Gasteiger partial charge in [-0.15, -0.1) is 0 Å². The minimum atomic E-state index is -0.364. The van der Waals surface area contributed by atoms with Crippen LogP contribution in [-0.4, -0.2) is 5.78 Å². The average molecular weight is 335 g/mol. The van der Waals surface area contributed by atoms with Gasteiger partial charge in [0.1, 0.15) is 5.82 Å². The summed E-state index contributed by atoms with van der Waals surface area (Å²) in [5, 5.41) is 0. The van der Waals surface area contributed by atoms with Gasteiger partial charge in [0.2, 0.25) is 0 Å². The van der Waals surface area contributed by atoms with Gasteiger partial charge in [0.05, 0.1) is 13.2 Å². The summed E-state index contributed by atoms with van der Waals surface area (Å²) in [6.07, 6.45) is 0.0682. The summed E-state index contributed by atoms with van der Waals surface area (Å²) in [5.74, 6) is -0.446. The molecule has 1 heterocycles. The molecule has 0 unspecified atom stereocenters. The van der Waals surface area contributed by atoms with Crippen LogP contribution in [-0.2, 0) is 24.4 Å². The van der Waals surface area contributed by atoms with E-state index in [4.69, 9.17) is 4.74 Å². The lowest BCUT2D eigenvalue weighted by atomic mass is 9.99. The summed E-state index contributed by atoms with van der Waals surface area (Å²) in [4.78, 5) is 12.2. The number of fused-ring (bicyclic) bond motifs is 1. The molecule has 1 aliphatic rings. The van der Waals surface area contributed by atoms with Gasteiger partial charge in [-0.1, -0.05) is 34.1 Å². The van der Waals surface area contributed by atoms with Crippen molar-refractivity contribution in [3.63, 3.8) is 0 Å². The Bertz CT molecular complexity index is 682. The molecule has 0 radical (unpaired) electrons. The largest absolute Gasteiger partial charge is 0.372 e. The molecule has 3 rings (SSSR count). The molecule has 0 N–H and O–H groups in total. The molecule has 2 aromatic carbocycles. The fourth-order valence-corrected chi connectivity index (χ4v) is 2.62. The number of carbonyl (C=O) groups is 1. The Morgan fingerprint density at radius 3 is 2.75 bits per heavy atom. The summed E-state index contributed by atoms with van der Waals surface area (Å²) in [6.45, 7) is 1.15. The van der Waals surface area contributed by atoms with E-state index in [1.807, 2.05) is 12.1 Å². The van der Waals surface area contributed by atoms with E-state index in [9.17, 15) is 9.18 Å². The normalized spacial score (nSPS) is 13.3. The van der Waals surface area contributed by atoms with Crippen LogP contribution >= 0.6 is 15.9 Å². The maximum absolute atomic E-state index is 13.7. The molecular weight excluding hydrogens is 323 g/mol. The summed E-state index contributed by atoms with van der Waals surface area (Å²) < 4.78 is 19.7. The van der Waals surface area contributed by atoms with Crippen molar-refractivity contribution in [3.05, 3.63) is 68.9 Å².